The van der Waals surface area contributed by atoms with Gasteiger partial charge in [0.25, 0.3) is 0 Å². The third kappa shape index (κ3) is 3.28. The van der Waals surface area contributed by atoms with Crippen molar-refractivity contribution >= 4 is 0 Å². The Morgan fingerprint density at radius 1 is 1.23 bits per heavy atom. The molecule has 1 heterocycles. The first-order valence-corrected chi connectivity index (χ1v) is 5.24. The lowest BCUT2D eigenvalue weighted by Crippen LogP contribution is -2.57. The molecule has 0 radical (unpaired) electrons. The molecule has 1 aliphatic rings. The Hall–Kier alpha value is -0.0800. The van der Waals surface area contributed by atoms with Crippen molar-refractivity contribution in [1.29, 1.82) is 0 Å². The molecule has 0 aromatic carbocycles. The maximum Gasteiger partial charge on any atom is 0.0788 e. The van der Waals surface area contributed by atoms with E-state index in [4.69, 9.17) is 4.74 Å². The number of hydrogen-bond donors (Lipinski definition) is 1. The molecule has 78 valence electrons. The van der Waals surface area contributed by atoms with E-state index in [1.54, 1.807) is 0 Å². The summed E-state index contributed by atoms with van der Waals surface area (Å²) in [5.41, 5.74) is 0.0117. The number of nitrogens with one attached hydrogen (secondary N) is 1. The average Bonchev–Trinajstić information content (AvgIpc) is 1.79. The highest BCUT2D eigenvalue weighted by atomic mass is 16.5. The normalized spacial score (nSPS) is 33.7. The molecular formula is C11H23NO. The summed E-state index contributed by atoms with van der Waals surface area (Å²) in [5.74, 6) is 0.695. The lowest BCUT2D eigenvalue weighted by atomic mass is 9.90. The number of ether oxygens (including phenoxy) is 1. The first-order valence-electron chi connectivity index (χ1n) is 5.24. The summed E-state index contributed by atoms with van der Waals surface area (Å²) < 4.78 is 6.11. The van der Waals surface area contributed by atoms with Crippen molar-refractivity contribution in [3.63, 3.8) is 0 Å². The standard InChI is InChI=1S/C11H23NO/c1-9(2)6-11(5)8-12-7-10(3,4)13-11/h9,12H,6-8H2,1-5H3. The Labute approximate surface area is 82.0 Å². The summed E-state index contributed by atoms with van der Waals surface area (Å²) in [7, 11) is 0. The maximum atomic E-state index is 6.11. The molecule has 0 bridgehead atoms. The molecule has 1 atom stereocenters. The minimum Gasteiger partial charge on any atom is -0.367 e. The molecule has 1 N–H and O–H groups in total. The van der Waals surface area contributed by atoms with E-state index in [2.05, 4.69) is 39.9 Å². The van der Waals surface area contributed by atoms with E-state index >= 15 is 0 Å². The van der Waals surface area contributed by atoms with Gasteiger partial charge in [0.05, 0.1) is 11.2 Å². The van der Waals surface area contributed by atoms with Crippen LogP contribution in [0.4, 0.5) is 0 Å². The molecule has 1 rings (SSSR count). The summed E-state index contributed by atoms with van der Waals surface area (Å²) >= 11 is 0. The van der Waals surface area contributed by atoms with Gasteiger partial charge in [-0.15, -0.1) is 0 Å². The van der Waals surface area contributed by atoms with Gasteiger partial charge in [0.15, 0.2) is 0 Å². The van der Waals surface area contributed by atoms with Crippen molar-refractivity contribution in [2.45, 2.75) is 52.2 Å². The predicted molar refractivity (Wildman–Crippen MR) is 55.9 cm³/mol. The zero-order valence-corrected chi connectivity index (χ0v) is 9.61. The first-order chi connectivity index (χ1) is 5.83. The average molecular weight is 185 g/mol. The lowest BCUT2D eigenvalue weighted by Gasteiger charge is -2.44. The second-order valence-electron chi connectivity index (χ2n) is 5.51. The molecule has 1 fully saturated rings. The minimum absolute atomic E-state index is 0.0120. The third-order valence-corrected chi connectivity index (χ3v) is 2.41. The molecular weight excluding hydrogens is 162 g/mol. The molecule has 0 aromatic heterocycles. The largest absolute Gasteiger partial charge is 0.367 e. The Kier molecular flexibility index (Phi) is 3.03. The van der Waals surface area contributed by atoms with Crippen LogP contribution >= 0.6 is 0 Å². The van der Waals surface area contributed by atoms with Gasteiger partial charge in [0.1, 0.15) is 0 Å². The van der Waals surface area contributed by atoms with Gasteiger partial charge in [0.2, 0.25) is 0 Å². The van der Waals surface area contributed by atoms with Gasteiger partial charge in [-0.3, -0.25) is 0 Å². The Bertz CT molecular complexity index is 177. The van der Waals surface area contributed by atoms with E-state index in [-0.39, 0.29) is 11.2 Å². The molecule has 0 amide bonds. The Morgan fingerprint density at radius 3 is 2.31 bits per heavy atom. The molecule has 0 saturated carbocycles. The van der Waals surface area contributed by atoms with Crippen LogP contribution in [-0.4, -0.2) is 24.3 Å². The SMILES string of the molecule is CC(C)CC1(C)CNCC(C)(C)O1. The van der Waals surface area contributed by atoms with Gasteiger partial charge in [-0.2, -0.15) is 0 Å². The zero-order chi connectivity index (χ0) is 10.1. The highest BCUT2D eigenvalue weighted by molar-refractivity contribution is 4.90. The fourth-order valence-electron chi connectivity index (χ4n) is 2.34. The van der Waals surface area contributed by atoms with Gasteiger partial charge in [-0.25, -0.2) is 0 Å². The fourth-order valence-corrected chi connectivity index (χ4v) is 2.34. The summed E-state index contributed by atoms with van der Waals surface area (Å²) in [6.07, 6.45) is 1.13. The molecule has 1 unspecified atom stereocenters. The number of morpholine rings is 1. The van der Waals surface area contributed by atoms with Crippen LogP contribution < -0.4 is 5.32 Å². The predicted octanol–water partition coefficient (Wildman–Crippen LogP) is 2.19. The number of hydrogen-bond acceptors (Lipinski definition) is 2. The monoisotopic (exact) mass is 185 g/mol. The number of rotatable bonds is 2. The van der Waals surface area contributed by atoms with E-state index in [0.29, 0.717) is 5.92 Å². The van der Waals surface area contributed by atoms with Crippen LogP contribution in [0.1, 0.15) is 41.0 Å². The summed E-state index contributed by atoms with van der Waals surface area (Å²) in [4.78, 5) is 0. The van der Waals surface area contributed by atoms with Crippen molar-refractivity contribution in [2.75, 3.05) is 13.1 Å². The van der Waals surface area contributed by atoms with Crippen LogP contribution in [-0.2, 0) is 4.74 Å². The van der Waals surface area contributed by atoms with Gasteiger partial charge in [-0.05, 0) is 33.1 Å². The lowest BCUT2D eigenvalue weighted by molar-refractivity contribution is -0.159. The topological polar surface area (TPSA) is 21.3 Å². The second-order valence-corrected chi connectivity index (χ2v) is 5.51. The van der Waals surface area contributed by atoms with E-state index in [0.717, 1.165) is 19.5 Å². The highest BCUT2D eigenvalue weighted by Crippen LogP contribution is 2.29. The van der Waals surface area contributed by atoms with Crippen molar-refractivity contribution in [2.24, 2.45) is 5.92 Å². The van der Waals surface area contributed by atoms with Crippen LogP contribution in [0.25, 0.3) is 0 Å². The Morgan fingerprint density at radius 2 is 1.85 bits per heavy atom. The van der Waals surface area contributed by atoms with E-state index in [9.17, 15) is 0 Å². The van der Waals surface area contributed by atoms with E-state index in [1.807, 2.05) is 0 Å². The van der Waals surface area contributed by atoms with Gasteiger partial charge in [0, 0.05) is 13.1 Å². The molecule has 0 aromatic rings. The molecule has 2 heteroatoms. The maximum absolute atomic E-state index is 6.11. The molecule has 1 aliphatic heterocycles. The molecule has 0 spiro atoms. The van der Waals surface area contributed by atoms with Gasteiger partial charge in [-0.1, -0.05) is 13.8 Å². The van der Waals surface area contributed by atoms with Gasteiger partial charge < -0.3 is 10.1 Å². The van der Waals surface area contributed by atoms with Crippen molar-refractivity contribution in [1.82, 2.24) is 5.32 Å². The quantitative estimate of drug-likeness (QED) is 0.712. The van der Waals surface area contributed by atoms with Crippen LogP contribution in [0.2, 0.25) is 0 Å². The van der Waals surface area contributed by atoms with Gasteiger partial charge >= 0.3 is 0 Å². The second kappa shape index (κ2) is 3.58. The molecule has 2 nitrogen and oxygen atoms in total. The highest BCUT2D eigenvalue weighted by Gasteiger charge is 2.37. The zero-order valence-electron chi connectivity index (χ0n) is 9.61. The van der Waals surface area contributed by atoms with Crippen LogP contribution in [0, 0.1) is 5.92 Å². The van der Waals surface area contributed by atoms with Crippen molar-refractivity contribution in [3.8, 4) is 0 Å². The van der Waals surface area contributed by atoms with Crippen LogP contribution in [0.15, 0.2) is 0 Å². The van der Waals surface area contributed by atoms with Crippen molar-refractivity contribution in [3.05, 3.63) is 0 Å². The van der Waals surface area contributed by atoms with Crippen LogP contribution in [0.5, 0.6) is 0 Å². The fraction of sp³-hybridized carbons (Fsp3) is 1.00. The summed E-state index contributed by atoms with van der Waals surface area (Å²) in [6, 6.07) is 0. The summed E-state index contributed by atoms with van der Waals surface area (Å²) in [5, 5.41) is 3.45. The van der Waals surface area contributed by atoms with Crippen LogP contribution in [0.3, 0.4) is 0 Å². The Balaban J connectivity index is 2.58. The first kappa shape index (κ1) is 11.0. The smallest absolute Gasteiger partial charge is 0.0788 e. The molecule has 1 saturated heterocycles. The van der Waals surface area contributed by atoms with Crippen molar-refractivity contribution < 1.29 is 4.74 Å². The third-order valence-electron chi connectivity index (χ3n) is 2.41. The van der Waals surface area contributed by atoms with E-state index < -0.39 is 0 Å². The minimum atomic E-state index is -0.0120. The molecule has 13 heavy (non-hydrogen) atoms. The summed E-state index contributed by atoms with van der Waals surface area (Å²) in [6.45, 7) is 12.9. The van der Waals surface area contributed by atoms with E-state index in [1.165, 1.54) is 0 Å². The molecule has 0 aliphatic carbocycles.